The van der Waals surface area contributed by atoms with Gasteiger partial charge in [0.05, 0.1) is 12.5 Å². The zero-order valence-electron chi connectivity index (χ0n) is 10.8. The van der Waals surface area contributed by atoms with Gasteiger partial charge in [0.2, 0.25) is 6.29 Å². The van der Waals surface area contributed by atoms with Crippen molar-refractivity contribution in [2.75, 3.05) is 6.61 Å². The van der Waals surface area contributed by atoms with Gasteiger partial charge in [0, 0.05) is 12.6 Å². The average Bonchev–Trinajstić information content (AvgIpc) is 2.71. The lowest BCUT2D eigenvalue weighted by atomic mass is 10.1. The lowest BCUT2D eigenvalue weighted by molar-refractivity contribution is -0.163. The van der Waals surface area contributed by atoms with Crippen LogP contribution in [0.1, 0.15) is 31.9 Å². The first-order valence-corrected chi connectivity index (χ1v) is 6.32. The van der Waals surface area contributed by atoms with Gasteiger partial charge in [-0.15, -0.1) is 0 Å². The average molecular weight is 249 g/mol. The molecule has 0 spiro atoms. The molecule has 0 amide bonds. The second-order valence-electron chi connectivity index (χ2n) is 4.42. The van der Waals surface area contributed by atoms with E-state index in [1.54, 1.807) is 0 Å². The molecule has 1 aliphatic rings. The molecule has 0 bridgehead atoms. The molecular formula is C14H19NO3. The molecule has 0 aromatic heterocycles. The number of rotatable bonds is 5. The van der Waals surface area contributed by atoms with Crippen molar-refractivity contribution in [3.8, 4) is 0 Å². The Morgan fingerprint density at radius 2 is 2.17 bits per heavy atom. The Morgan fingerprint density at radius 3 is 2.83 bits per heavy atom. The lowest BCUT2D eigenvalue weighted by Crippen LogP contribution is -2.39. The highest BCUT2D eigenvalue weighted by Crippen LogP contribution is 2.20. The Kier molecular flexibility index (Phi) is 4.33. The second-order valence-corrected chi connectivity index (χ2v) is 4.42. The van der Waals surface area contributed by atoms with Crippen LogP contribution in [-0.4, -0.2) is 24.9 Å². The Bertz CT molecular complexity index is 393. The zero-order valence-corrected chi connectivity index (χ0v) is 10.8. The van der Waals surface area contributed by atoms with Crippen molar-refractivity contribution in [1.29, 1.82) is 0 Å². The molecule has 3 atom stereocenters. The monoisotopic (exact) mass is 249 g/mol. The minimum atomic E-state index is -0.464. The van der Waals surface area contributed by atoms with Crippen LogP contribution in [0.2, 0.25) is 0 Å². The number of benzene rings is 1. The molecule has 1 aromatic rings. The Morgan fingerprint density at radius 1 is 1.44 bits per heavy atom. The molecule has 0 aliphatic carbocycles. The van der Waals surface area contributed by atoms with Crippen LogP contribution in [0.4, 0.5) is 0 Å². The van der Waals surface area contributed by atoms with E-state index in [1.807, 2.05) is 25.1 Å². The van der Waals surface area contributed by atoms with E-state index < -0.39 is 6.29 Å². The SMILES string of the molecule is CCO[C@@H]1OC(=O)C[C@@H]1N[C@H](C)c1ccccc1. The fourth-order valence-corrected chi connectivity index (χ4v) is 2.15. The van der Waals surface area contributed by atoms with Gasteiger partial charge in [0.15, 0.2) is 0 Å². The molecule has 4 nitrogen and oxygen atoms in total. The normalized spacial score (nSPS) is 24.9. The van der Waals surface area contributed by atoms with E-state index in [0.29, 0.717) is 13.0 Å². The molecule has 1 aromatic carbocycles. The van der Waals surface area contributed by atoms with Crippen molar-refractivity contribution >= 4 is 5.97 Å². The highest BCUT2D eigenvalue weighted by atomic mass is 16.7. The Balaban J connectivity index is 1.97. The Labute approximate surface area is 107 Å². The molecule has 0 radical (unpaired) electrons. The quantitative estimate of drug-likeness (QED) is 0.811. The largest absolute Gasteiger partial charge is 0.434 e. The number of hydrogen-bond donors (Lipinski definition) is 1. The fourth-order valence-electron chi connectivity index (χ4n) is 2.15. The smallest absolute Gasteiger partial charge is 0.309 e. The van der Waals surface area contributed by atoms with E-state index in [2.05, 4.69) is 24.4 Å². The summed E-state index contributed by atoms with van der Waals surface area (Å²) in [4.78, 5) is 11.3. The van der Waals surface area contributed by atoms with E-state index in [4.69, 9.17) is 9.47 Å². The molecule has 0 saturated carbocycles. The summed E-state index contributed by atoms with van der Waals surface area (Å²) >= 11 is 0. The summed E-state index contributed by atoms with van der Waals surface area (Å²) in [7, 11) is 0. The maximum absolute atomic E-state index is 11.3. The predicted molar refractivity (Wildman–Crippen MR) is 67.9 cm³/mol. The van der Waals surface area contributed by atoms with Crippen molar-refractivity contribution in [3.63, 3.8) is 0 Å². The second kappa shape index (κ2) is 5.98. The van der Waals surface area contributed by atoms with E-state index in [9.17, 15) is 4.79 Å². The fraction of sp³-hybridized carbons (Fsp3) is 0.500. The van der Waals surface area contributed by atoms with Gasteiger partial charge in [0.1, 0.15) is 0 Å². The number of ether oxygens (including phenoxy) is 2. The van der Waals surface area contributed by atoms with Crippen LogP contribution in [0.25, 0.3) is 0 Å². The van der Waals surface area contributed by atoms with Gasteiger partial charge >= 0.3 is 5.97 Å². The summed E-state index contributed by atoms with van der Waals surface area (Å²) in [6.45, 7) is 4.50. The van der Waals surface area contributed by atoms with E-state index in [-0.39, 0.29) is 18.1 Å². The molecule has 1 heterocycles. The molecule has 0 unspecified atom stereocenters. The maximum Gasteiger partial charge on any atom is 0.309 e. The van der Waals surface area contributed by atoms with E-state index >= 15 is 0 Å². The van der Waals surface area contributed by atoms with Gasteiger partial charge in [-0.1, -0.05) is 30.3 Å². The molecule has 98 valence electrons. The van der Waals surface area contributed by atoms with Crippen molar-refractivity contribution in [3.05, 3.63) is 35.9 Å². The number of nitrogens with one attached hydrogen (secondary N) is 1. The first-order chi connectivity index (χ1) is 8.70. The van der Waals surface area contributed by atoms with Crippen LogP contribution >= 0.6 is 0 Å². The van der Waals surface area contributed by atoms with Crippen LogP contribution in [0.15, 0.2) is 30.3 Å². The minimum absolute atomic E-state index is 0.0762. The van der Waals surface area contributed by atoms with Gasteiger partial charge in [-0.2, -0.15) is 0 Å². The third kappa shape index (κ3) is 3.09. The highest BCUT2D eigenvalue weighted by molar-refractivity contribution is 5.72. The van der Waals surface area contributed by atoms with Gasteiger partial charge in [-0.05, 0) is 19.4 Å². The van der Waals surface area contributed by atoms with Gasteiger partial charge < -0.3 is 14.8 Å². The topological polar surface area (TPSA) is 47.6 Å². The third-order valence-electron chi connectivity index (χ3n) is 3.06. The first kappa shape index (κ1) is 13.1. The molecular weight excluding hydrogens is 230 g/mol. The first-order valence-electron chi connectivity index (χ1n) is 6.32. The number of cyclic esters (lactones) is 1. The summed E-state index contributed by atoms with van der Waals surface area (Å²) in [6, 6.07) is 10.2. The molecule has 1 aliphatic heterocycles. The maximum atomic E-state index is 11.3. The summed E-state index contributed by atoms with van der Waals surface area (Å²) in [5.74, 6) is -0.203. The standard InChI is InChI=1S/C14H19NO3/c1-3-17-14-12(9-13(16)18-14)15-10(2)11-7-5-4-6-8-11/h4-8,10,12,14-15H,3,9H2,1-2H3/t10-,12+,14-/m1/s1. The molecule has 1 fully saturated rings. The highest BCUT2D eigenvalue weighted by Gasteiger charge is 2.36. The molecule has 1 N–H and O–H groups in total. The van der Waals surface area contributed by atoms with Crippen molar-refractivity contribution < 1.29 is 14.3 Å². The number of carbonyl (C=O) groups is 1. The number of esters is 1. The lowest BCUT2D eigenvalue weighted by Gasteiger charge is -2.22. The van der Waals surface area contributed by atoms with Crippen molar-refractivity contribution in [1.82, 2.24) is 5.32 Å². The molecule has 2 rings (SSSR count). The van der Waals surface area contributed by atoms with Gasteiger partial charge in [-0.25, -0.2) is 0 Å². The summed E-state index contributed by atoms with van der Waals surface area (Å²) < 4.78 is 10.5. The van der Waals surface area contributed by atoms with E-state index in [1.165, 1.54) is 5.56 Å². The number of hydrogen-bond acceptors (Lipinski definition) is 4. The minimum Gasteiger partial charge on any atom is -0.434 e. The Hall–Kier alpha value is -1.39. The van der Waals surface area contributed by atoms with Crippen LogP contribution in [0.3, 0.4) is 0 Å². The predicted octanol–water partition coefficient (Wildman–Crippen LogP) is 2.02. The number of carbonyl (C=O) groups excluding carboxylic acids is 1. The van der Waals surface area contributed by atoms with Crippen molar-refractivity contribution in [2.45, 2.75) is 38.6 Å². The van der Waals surface area contributed by atoms with Gasteiger partial charge in [-0.3, -0.25) is 4.79 Å². The van der Waals surface area contributed by atoms with Crippen LogP contribution < -0.4 is 5.32 Å². The van der Waals surface area contributed by atoms with Crippen LogP contribution in [0.5, 0.6) is 0 Å². The van der Waals surface area contributed by atoms with Crippen LogP contribution in [0, 0.1) is 0 Å². The van der Waals surface area contributed by atoms with Crippen LogP contribution in [-0.2, 0) is 14.3 Å². The summed E-state index contributed by atoms with van der Waals surface area (Å²) in [6.07, 6.45) is -0.101. The molecule has 18 heavy (non-hydrogen) atoms. The summed E-state index contributed by atoms with van der Waals surface area (Å²) in [5, 5.41) is 3.39. The summed E-state index contributed by atoms with van der Waals surface area (Å²) in [5.41, 5.74) is 1.19. The molecule has 1 saturated heterocycles. The van der Waals surface area contributed by atoms with E-state index in [0.717, 1.165) is 0 Å². The van der Waals surface area contributed by atoms with Gasteiger partial charge in [0.25, 0.3) is 0 Å². The zero-order chi connectivity index (χ0) is 13.0. The van der Waals surface area contributed by atoms with Crippen molar-refractivity contribution in [2.24, 2.45) is 0 Å². The third-order valence-corrected chi connectivity index (χ3v) is 3.06. The molecule has 4 heteroatoms.